The summed E-state index contributed by atoms with van der Waals surface area (Å²) in [5, 5.41) is 0.470. The minimum atomic E-state index is -0.818. The topological polar surface area (TPSA) is 56.8 Å². The van der Waals surface area contributed by atoms with Gasteiger partial charge in [0.2, 0.25) is 0 Å². The SMILES string of the molecule is COc1ccc([C@]2(c3cccc(-c4cc(Cl)ccc4F)c3)COC(N)=N2)cc1. The van der Waals surface area contributed by atoms with Crippen LogP contribution >= 0.6 is 11.6 Å². The maximum Gasteiger partial charge on any atom is 0.283 e. The van der Waals surface area contributed by atoms with Crippen LogP contribution in [0.3, 0.4) is 0 Å². The molecule has 1 heterocycles. The fourth-order valence-electron chi connectivity index (χ4n) is 3.42. The van der Waals surface area contributed by atoms with E-state index in [0.717, 1.165) is 16.9 Å². The third kappa shape index (κ3) is 3.18. The zero-order valence-electron chi connectivity index (χ0n) is 15.2. The number of nitrogens with zero attached hydrogens (tertiary/aromatic N) is 1. The number of hydrogen-bond acceptors (Lipinski definition) is 4. The summed E-state index contributed by atoms with van der Waals surface area (Å²) in [5.74, 6) is 0.398. The lowest BCUT2D eigenvalue weighted by molar-refractivity contribution is 0.278. The van der Waals surface area contributed by atoms with E-state index < -0.39 is 5.54 Å². The molecule has 4 nitrogen and oxygen atoms in total. The lowest BCUT2D eigenvalue weighted by Crippen LogP contribution is -2.27. The monoisotopic (exact) mass is 396 g/mol. The van der Waals surface area contributed by atoms with Crippen molar-refractivity contribution in [1.82, 2.24) is 0 Å². The molecule has 0 saturated carbocycles. The third-order valence-corrected chi connectivity index (χ3v) is 5.11. The van der Waals surface area contributed by atoms with Crippen molar-refractivity contribution in [3.05, 3.63) is 88.7 Å². The largest absolute Gasteiger partial charge is 0.497 e. The molecule has 0 unspecified atom stereocenters. The van der Waals surface area contributed by atoms with Gasteiger partial charge < -0.3 is 15.2 Å². The highest BCUT2D eigenvalue weighted by Gasteiger charge is 2.40. The molecule has 0 aromatic heterocycles. The summed E-state index contributed by atoms with van der Waals surface area (Å²) in [4.78, 5) is 4.60. The van der Waals surface area contributed by atoms with E-state index in [-0.39, 0.29) is 18.4 Å². The zero-order valence-corrected chi connectivity index (χ0v) is 15.9. The van der Waals surface area contributed by atoms with Gasteiger partial charge in [0.1, 0.15) is 18.2 Å². The molecule has 0 aliphatic carbocycles. The third-order valence-electron chi connectivity index (χ3n) is 4.88. The van der Waals surface area contributed by atoms with Gasteiger partial charge in [-0.15, -0.1) is 0 Å². The van der Waals surface area contributed by atoms with Crippen molar-refractivity contribution in [3.8, 4) is 16.9 Å². The van der Waals surface area contributed by atoms with Gasteiger partial charge in [0.05, 0.1) is 7.11 Å². The summed E-state index contributed by atoms with van der Waals surface area (Å²) in [6.45, 7) is 0.257. The van der Waals surface area contributed by atoms with Gasteiger partial charge in [-0.25, -0.2) is 9.38 Å². The predicted octanol–water partition coefficient (Wildman–Crippen LogP) is 4.74. The number of nitrogens with two attached hydrogens (primary N) is 1. The van der Waals surface area contributed by atoms with Crippen LogP contribution in [0.25, 0.3) is 11.1 Å². The molecular formula is C22H18ClFN2O2. The van der Waals surface area contributed by atoms with E-state index in [1.807, 2.05) is 48.5 Å². The minimum absolute atomic E-state index is 0.121. The molecule has 1 aliphatic heterocycles. The molecule has 6 heteroatoms. The van der Waals surface area contributed by atoms with E-state index in [9.17, 15) is 4.39 Å². The van der Waals surface area contributed by atoms with Gasteiger partial charge in [-0.3, -0.25) is 0 Å². The summed E-state index contributed by atoms with van der Waals surface area (Å²) in [6.07, 6.45) is 0. The van der Waals surface area contributed by atoms with Crippen LogP contribution in [0.4, 0.5) is 4.39 Å². The quantitative estimate of drug-likeness (QED) is 0.692. The fraction of sp³-hybridized carbons (Fsp3) is 0.136. The van der Waals surface area contributed by atoms with E-state index in [2.05, 4.69) is 4.99 Å². The molecular weight excluding hydrogens is 379 g/mol. The molecule has 1 atom stereocenters. The molecule has 0 amide bonds. The van der Waals surface area contributed by atoms with Crippen molar-refractivity contribution in [2.75, 3.05) is 13.7 Å². The van der Waals surface area contributed by atoms with Gasteiger partial charge in [-0.2, -0.15) is 0 Å². The number of benzene rings is 3. The molecule has 0 saturated heterocycles. The Kier molecular flexibility index (Phi) is 4.69. The first kappa shape index (κ1) is 18.3. The normalized spacial score (nSPS) is 18.5. The number of halogens is 2. The second-order valence-corrected chi connectivity index (χ2v) is 6.97. The van der Waals surface area contributed by atoms with E-state index in [1.165, 1.54) is 12.1 Å². The Balaban J connectivity index is 1.85. The minimum Gasteiger partial charge on any atom is -0.497 e. The van der Waals surface area contributed by atoms with E-state index in [4.69, 9.17) is 26.8 Å². The van der Waals surface area contributed by atoms with E-state index in [1.54, 1.807) is 13.2 Å². The van der Waals surface area contributed by atoms with Gasteiger partial charge >= 0.3 is 0 Å². The number of methoxy groups -OCH3 is 1. The number of rotatable bonds is 4. The summed E-state index contributed by atoms with van der Waals surface area (Å²) in [7, 11) is 1.61. The van der Waals surface area contributed by atoms with Crippen LogP contribution in [0.15, 0.2) is 71.7 Å². The summed E-state index contributed by atoms with van der Waals surface area (Å²) in [5.41, 5.74) is 7.91. The predicted molar refractivity (Wildman–Crippen MR) is 108 cm³/mol. The molecule has 28 heavy (non-hydrogen) atoms. The smallest absolute Gasteiger partial charge is 0.283 e. The highest BCUT2D eigenvalue weighted by Crippen LogP contribution is 2.40. The maximum atomic E-state index is 14.4. The van der Waals surface area contributed by atoms with Gasteiger partial charge in [-0.05, 0) is 53.1 Å². The van der Waals surface area contributed by atoms with Crippen LogP contribution in [0.5, 0.6) is 5.75 Å². The molecule has 0 spiro atoms. The highest BCUT2D eigenvalue weighted by atomic mass is 35.5. The molecule has 0 bridgehead atoms. The van der Waals surface area contributed by atoms with Crippen molar-refractivity contribution in [2.24, 2.45) is 10.7 Å². The molecule has 4 rings (SSSR count). The molecule has 0 radical (unpaired) electrons. The van der Waals surface area contributed by atoms with Gasteiger partial charge in [0, 0.05) is 10.6 Å². The Morgan fingerprint density at radius 2 is 1.86 bits per heavy atom. The first-order chi connectivity index (χ1) is 13.5. The number of ether oxygens (including phenoxy) is 2. The first-order valence-corrected chi connectivity index (χ1v) is 9.08. The molecule has 3 aromatic rings. The Labute approximate surface area is 167 Å². The lowest BCUT2D eigenvalue weighted by Gasteiger charge is -2.26. The van der Waals surface area contributed by atoms with Crippen molar-refractivity contribution in [2.45, 2.75) is 5.54 Å². The van der Waals surface area contributed by atoms with Gasteiger partial charge in [0.25, 0.3) is 6.02 Å². The average Bonchev–Trinajstić information content (AvgIpc) is 3.13. The summed E-state index contributed by atoms with van der Waals surface area (Å²) >= 11 is 6.07. The maximum absolute atomic E-state index is 14.4. The number of aliphatic imine (C=N–C) groups is 1. The Morgan fingerprint density at radius 3 is 2.54 bits per heavy atom. The second-order valence-electron chi connectivity index (χ2n) is 6.53. The molecule has 0 fully saturated rings. The van der Waals surface area contributed by atoms with Crippen LogP contribution in [0.2, 0.25) is 5.02 Å². The fourth-order valence-corrected chi connectivity index (χ4v) is 3.60. The molecule has 142 valence electrons. The van der Waals surface area contributed by atoms with Crippen LogP contribution in [0.1, 0.15) is 11.1 Å². The van der Waals surface area contributed by atoms with E-state index in [0.29, 0.717) is 16.1 Å². The Bertz CT molecular complexity index is 1050. The van der Waals surface area contributed by atoms with Gasteiger partial charge in [-0.1, -0.05) is 41.9 Å². The van der Waals surface area contributed by atoms with Crippen molar-refractivity contribution in [3.63, 3.8) is 0 Å². The lowest BCUT2D eigenvalue weighted by atomic mass is 9.83. The standard InChI is InChI=1S/C22H18ClFN2O2/c1-27-18-8-5-15(6-9-18)22(13-28-21(25)26-22)16-4-2-3-14(11-16)19-12-17(23)7-10-20(19)24/h2-12H,13H2,1H3,(H2,25,26)/t22-/m0/s1. The Morgan fingerprint density at radius 1 is 1.07 bits per heavy atom. The summed E-state index contributed by atoms with van der Waals surface area (Å²) in [6, 6.07) is 19.7. The van der Waals surface area contributed by atoms with Crippen molar-refractivity contribution in [1.29, 1.82) is 0 Å². The van der Waals surface area contributed by atoms with Crippen LogP contribution in [0, 0.1) is 5.82 Å². The molecule has 1 aliphatic rings. The zero-order chi connectivity index (χ0) is 19.7. The van der Waals surface area contributed by atoms with Crippen LogP contribution in [-0.4, -0.2) is 19.7 Å². The highest BCUT2D eigenvalue weighted by molar-refractivity contribution is 6.30. The van der Waals surface area contributed by atoms with Crippen LogP contribution in [-0.2, 0) is 10.3 Å². The average molecular weight is 397 g/mol. The van der Waals surface area contributed by atoms with Crippen LogP contribution < -0.4 is 10.5 Å². The Hall–Kier alpha value is -3.05. The van der Waals surface area contributed by atoms with Gasteiger partial charge in [0.15, 0.2) is 5.54 Å². The second kappa shape index (κ2) is 7.17. The van der Waals surface area contributed by atoms with Crippen molar-refractivity contribution < 1.29 is 13.9 Å². The number of amidine groups is 1. The van der Waals surface area contributed by atoms with E-state index >= 15 is 0 Å². The molecule has 3 aromatic carbocycles. The van der Waals surface area contributed by atoms with Crippen molar-refractivity contribution >= 4 is 17.6 Å². The number of hydrogen-bond donors (Lipinski definition) is 1. The summed E-state index contributed by atoms with van der Waals surface area (Å²) < 4.78 is 25.2. The first-order valence-electron chi connectivity index (χ1n) is 8.70. The molecule has 2 N–H and O–H groups in total.